The van der Waals surface area contributed by atoms with E-state index in [1.807, 2.05) is 39.0 Å². The van der Waals surface area contributed by atoms with Gasteiger partial charge >= 0.3 is 0 Å². The summed E-state index contributed by atoms with van der Waals surface area (Å²) in [5, 5.41) is 5.86. The summed E-state index contributed by atoms with van der Waals surface area (Å²) in [7, 11) is 1.76. The molecule has 0 radical (unpaired) electrons. The monoisotopic (exact) mass is 246 g/mol. The molecule has 0 aliphatic carbocycles. The van der Waals surface area contributed by atoms with Crippen LogP contribution in [0.3, 0.4) is 0 Å². The molecular weight excluding hydrogens is 228 g/mol. The number of rotatable bonds is 3. The highest BCUT2D eigenvalue weighted by Crippen LogP contribution is 2.18. The molecule has 96 valence electrons. The first-order valence-corrected chi connectivity index (χ1v) is 5.89. The zero-order chi connectivity index (χ0) is 13.3. The van der Waals surface area contributed by atoms with Crippen molar-refractivity contribution in [3.8, 4) is 0 Å². The quantitative estimate of drug-likeness (QED) is 0.773. The molecule has 0 aliphatic rings. The van der Waals surface area contributed by atoms with E-state index in [2.05, 4.69) is 20.6 Å². The first kappa shape index (κ1) is 12.6. The van der Waals surface area contributed by atoms with E-state index >= 15 is 0 Å². The van der Waals surface area contributed by atoms with E-state index in [9.17, 15) is 4.79 Å². The van der Waals surface area contributed by atoms with Crippen LogP contribution in [-0.4, -0.2) is 28.5 Å². The van der Waals surface area contributed by atoms with E-state index in [4.69, 9.17) is 0 Å². The van der Waals surface area contributed by atoms with Gasteiger partial charge in [-0.1, -0.05) is 0 Å². The zero-order valence-corrected chi connectivity index (χ0v) is 11.1. The number of H-pyrrole nitrogens is 1. The summed E-state index contributed by atoms with van der Waals surface area (Å²) in [5.74, 6) is 0.796. The minimum absolute atomic E-state index is 0.0689. The molecule has 5 heteroatoms. The van der Waals surface area contributed by atoms with Gasteiger partial charge in [0.15, 0.2) is 0 Å². The Labute approximate surface area is 106 Å². The van der Waals surface area contributed by atoms with Gasteiger partial charge < -0.3 is 15.6 Å². The first-order valence-electron chi connectivity index (χ1n) is 5.89. The molecule has 1 heterocycles. The number of imidazole rings is 1. The summed E-state index contributed by atoms with van der Waals surface area (Å²) in [5.41, 5.74) is 1.99. The van der Waals surface area contributed by atoms with Gasteiger partial charge in [0.05, 0.1) is 16.6 Å². The smallest absolute Gasteiger partial charge is 0.244 e. The third-order valence-electron chi connectivity index (χ3n) is 3.05. The van der Waals surface area contributed by atoms with Gasteiger partial charge in [0, 0.05) is 5.69 Å². The molecule has 0 fully saturated rings. The number of hydrogen-bond acceptors (Lipinski definition) is 3. The number of carbonyl (C=O) groups excluding carboxylic acids is 1. The lowest BCUT2D eigenvalue weighted by Crippen LogP contribution is -2.47. The van der Waals surface area contributed by atoms with Crippen LogP contribution in [0.1, 0.15) is 19.7 Å². The van der Waals surface area contributed by atoms with Crippen molar-refractivity contribution < 1.29 is 4.79 Å². The number of benzene rings is 1. The molecule has 1 aromatic carbocycles. The zero-order valence-electron chi connectivity index (χ0n) is 11.1. The minimum atomic E-state index is -0.598. The minimum Gasteiger partial charge on any atom is -0.342 e. The normalized spacial score (nSPS) is 11.8. The summed E-state index contributed by atoms with van der Waals surface area (Å²) in [6.45, 7) is 5.57. The van der Waals surface area contributed by atoms with Crippen molar-refractivity contribution >= 4 is 22.6 Å². The Morgan fingerprint density at radius 3 is 2.78 bits per heavy atom. The molecular formula is C13H18N4O. The fourth-order valence-electron chi connectivity index (χ4n) is 1.62. The van der Waals surface area contributed by atoms with Crippen molar-refractivity contribution in [1.82, 2.24) is 15.3 Å². The number of aromatic amines is 1. The van der Waals surface area contributed by atoms with E-state index in [0.717, 1.165) is 22.5 Å². The van der Waals surface area contributed by atoms with Crippen LogP contribution < -0.4 is 10.6 Å². The predicted molar refractivity (Wildman–Crippen MR) is 72.6 cm³/mol. The van der Waals surface area contributed by atoms with Gasteiger partial charge in [0.2, 0.25) is 5.91 Å². The van der Waals surface area contributed by atoms with Crippen molar-refractivity contribution in [2.24, 2.45) is 0 Å². The van der Waals surface area contributed by atoms with Gasteiger partial charge in [-0.2, -0.15) is 0 Å². The highest BCUT2D eigenvalue weighted by molar-refractivity contribution is 5.98. The average Bonchev–Trinajstić information content (AvgIpc) is 2.68. The van der Waals surface area contributed by atoms with Crippen molar-refractivity contribution in [2.75, 3.05) is 12.4 Å². The van der Waals surface area contributed by atoms with Crippen molar-refractivity contribution in [1.29, 1.82) is 0 Å². The number of fused-ring (bicyclic) bond motifs is 1. The maximum atomic E-state index is 12.0. The number of aromatic nitrogens is 2. The Hall–Kier alpha value is -1.88. The second-order valence-corrected chi connectivity index (χ2v) is 4.88. The Balaban J connectivity index is 2.24. The number of likely N-dealkylation sites (N-methyl/N-ethyl adjacent to an activating group) is 1. The summed E-state index contributed by atoms with van der Waals surface area (Å²) in [4.78, 5) is 19.5. The highest BCUT2D eigenvalue weighted by Gasteiger charge is 2.25. The standard InChI is InChI=1S/C13H18N4O/c1-8-15-10-6-5-9(7-11(10)16-8)17-12(18)13(2,3)14-4/h5-7,14H,1-4H3,(H,15,16)(H,17,18). The number of amides is 1. The molecule has 0 atom stereocenters. The fraction of sp³-hybridized carbons (Fsp3) is 0.385. The Kier molecular flexibility index (Phi) is 3.09. The lowest BCUT2D eigenvalue weighted by molar-refractivity contribution is -0.121. The third-order valence-corrected chi connectivity index (χ3v) is 3.05. The molecule has 0 bridgehead atoms. The van der Waals surface area contributed by atoms with Crippen molar-refractivity contribution in [2.45, 2.75) is 26.3 Å². The second-order valence-electron chi connectivity index (χ2n) is 4.88. The SMILES string of the molecule is CNC(C)(C)C(=O)Nc1ccc2nc(C)[nH]c2c1. The topological polar surface area (TPSA) is 69.8 Å². The fourth-order valence-corrected chi connectivity index (χ4v) is 1.62. The molecule has 18 heavy (non-hydrogen) atoms. The maximum Gasteiger partial charge on any atom is 0.244 e. The molecule has 3 N–H and O–H groups in total. The van der Waals surface area contributed by atoms with Crippen LogP contribution >= 0.6 is 0 Å². The molecule has 0 saturated heterocycles. The van der Waals surface area contributed by atoms with Crippen LogP contribution in [0.15, 0.2) is 18.2 Å². The number of nitrogens with one attached hydrogen (secondary N) is 3. The molecule has 0 unspecified atom stereocenters. The van der Waals surface area contributed by atoms with E-state index in [-0.39, 0.29) is 5.91 Å². The van der Waals surface area contributed by atoms with Crippen molar-refractivity contribution in [3.63, 3.8) is 0 Å². The molecule has 0 saturated carbocycles. The summed E-state index contributed by atoms with van der Waals surface area (Å²) < 4.78 is 0. The van der Waals surface area contributed by atoms with Gasteiger partial charge in [0.1, 0.15) is 5.82 Å². The summed E-state index contributed by atoms with van der Waals surface area (Å²) >= 11 is 0. The van der Waals surface area contributed by atoms with Crippen LogP contribution in [-0.2, 0) is 4.79 Å². The van der Waals surface area contributed by atoms with E-state index in [1.54, 1.807) is 7.05 Å². The Morgan fingerprint density at radius 2 is 2.11 bits per heavy atom. The number of anilines is 1. The van der Waals surface area contributed by atoms with Gasteiger partial charge in [-0.15, -0.1) is 0 Å². The molecule has 2 aromatic rings. The van der Waals surface area contributed by atoms with Crippen LogP contribution in [0, 0.1) is 6.92 Å². The summed E-state index contributed by atoms with van der Waals surface area (Å²) in [6.07, 6.45) is 0. The van der Waals surface area contributed by atoms with Gasteiger partial charge in [0.25, 0.3) is 0 Å². The molecule has 1 aromatic heterocycles. The summed E-state index contributed by atoms with van der Waals surface area (Å²) in [6, 6.07) is 5.63. The molecule has 2 rings (SSSR count). The van der Waals surface area contributed by atoms with E-state index < -0.39 is 5.54 Å². The first-order chi connectivity index (χ1) is 8.42. The molecule has 0 spiro atoms. The Morgan fingerprint density at radius 1 is 1.39 bits per heavy atom. The maximum absolute atomic E-state index is 12.0. The molecule has 0 aliphatic heterocycles. The number of hydrogen-bond donors (Lipinski definition) is 3. The van der Waals surface area contributed by atoms with Gasteiger partial charge in [-0.25, -0.2) is 4.98 Å². The van der Waals surface area contributed by atoms with Crippen LogP contribution in [0.5, 0.6) is 0 Å². The molecule has 5 nitrogen and oxygen atoms in total. The average molecular weight is 246 g/mol. The third kappa shape index (κ3) is 2.36. The van der Waals surface area contributed by atoms with Crippen LogP contribution in [0.4, 0.5) is 5.69 Å². The largest absolute Gasteiger partial charge is 0.342 e. The van der Waals surface area contributed by atoms with Gasteiger partial charge in [-0.05, 0) is 46.0 Å². The van der Waals surface area contributed by atoms with E-state index in [1.165, 1.54) is 0 Å². The second kappa shape index (κ2) is 4.42. The predicted octanol–water partition coefficient (Wildman–Crippen LogP) is 1.81. The molecule has 1 amide bonds. The lowest BCUT2D eigenvalue weighted by Gasteiger charge is -2.22. The van der Waals surface area contributed by atoms with Crippen LogP contribution in [0.25, 0.3) is 11.0 Å². The number of nitrogens with zero attached hydrogens (tertiary/aromatic N) is 1. The Bertz CT molecular complexity index is 586. The number of carbonyl (C=O) groups is 1. The van der Waals surface area contributed by atoms with Crippen LogP contribution in [0.2, 0.25) is 0 Å². The lowest BCUT2D eigenvalue weighted by atomic mass is 10.1. The van der Waals surface area contributed by atoms with Gasteiger partial charge in [-0.3, -0.25) is 4.79 Å². The highest BCUT2D eigenvalue weighted by atomic mass is 16.2. The number of aryl methyl sites for hydroxylation is 1. The van der Waals surface area contributed by atoms with E-state index in [0.29, 0.717) is 0 Å². The van der Waals surface area contributed by atoms with Crippen molar-refractivity contribution in [3.05, 3.63) is 24.0 Å².